The Morgan fingerprint density at radius 1 is 1.17 bits per heavy atom. The molecular weight excluding hydrogens is 315 g/mol. The molecule has 0 saturated carbocycles. The SMILES string of the molecule is O=C(O)CC1CCCN1C(=O)C1CCN(c2ccc(F)cc2)C1=O. The van der Waals surface area contributed by atoms with E-state index in [2.05, 4.69) is 0 Å². The van der Waals surface area contributed by atoms with Gasteiger partial charge in [0.05, 0.1) is 6.42 Å². The maximum atomic E-state index is 13.0. The number of hydrogen-bond donors (Lipinski definition) is 1. The van der Waals surface area contributed by atoms with E-state index in [1.165, 1.54) is 29.2 Å². The lowest BCUT2D eigenvalue weighted by atomic mass is 10.0. The normalized spacial score (nSPS) is 23.8. The van der Waals surface area contributed by atoms with Crippen LogP contribution in [0.25, 0.3) is 0 Å². The van der Waals surface area contributed by atoms with E-state index in [-0.39, 0.29) is 30.1 Å². The molecule has 2 aliphatic rings. The summed E-state index contributed by atoms with van der Waals surface area (Å²) in [6, 6.07) is 5.26. The van der Waals surface area contributed by atoms with E-state index in [0.29, 0.717) is 31.6 Å². The molecule has 0 spiro atoms. The minimum Gasteiger partial charge on any atom is -0.481 e. The van der Waals surface area contributed by atoms with E-state index < -0.39 is 11.9 Å². The summed E-state index contributed by atoms with van der Waals surface area (Å²) < 4.78 is 13.0. The topological polar surface area (TPSA) is 77.9 Å². The fourth-order valence-electron chi connectivity index (χ4n) is 3.53. The smallest absolute Gasteiger partial charge is 0.305 e. The predicted octanol–water partition coefficient (Wildman–Crippen LogP) is 1.64. The van der Waals surface area contributed by atoms with Gasteiger partial charge in [-0.05, 0) is 43.5 Å². The third-order valence-electron chi connectivity index (χ3n) is 4.71. The third kappa shape index (κ3) is 3.11. The van der Waals surface area contributed by atoms with Gasteiger partial charge < -0.3 is 14.9 Å². The zero-order chi connectivity index (χ0) is 17.3. The molecule has 3 rings (SSSR count). The van der Waals surface area contributed by atoms with Gasteiger partial charge in [0, 0.05) is 24.8 Å². The quantitative estimate of drug-likeness (QED) is 0.849. The second-order valence-electron chi connectivity index (χ2n) is 6.23. The van der Waals surface area contributed by atoms with Crippen LogP contribution in [0, 0.1) is 11.7 Å². The Hall–Kier alpha value is -2.44. The minimum atomic E-state index is -0.939. The molecule has 2 heterocycles. The van der Waals surface area contributed by atoms with Crippen molar-refractivity contribution in [3.05, 3.63) is 30.1 Å². The monoisotopic (exact) mass is 334 g/mol. The second-order valence-corrected chi connectivity index (χ2v) is 6.23. The fraction of sp³-hybridized carbons (Fsp3) is 0.471. The van der Waals surface area contributed by atoms with Crippen LogP contribution in [-0.4, -0.2) is 46.9 Å². The number of carboxylic acid groups (broad SMARTS) is 1. The van der Waals surface area contributed by atoms with Crippen LogP contribution in [0.1, 0.15) is 25.7 Å². The van der Waals surface area contributed by atoms with Gasteiger partial charge in [-0.25, -0.2) is 4.39 Å². The predicted molar refractivity (Wildman–Crippen MR) is 83.8 cm³/mol. The summed E-state index contributed by atoms with van der Waals surface area (Å²) in [6.07, 6.45) is 1.71. The summed E-state index contributed by atoms with van der Waals surface area (Å²) in [5, 5.41) is 8.96. The average molecular weight is 334 g/mol. The Morgan fingerprint density at radius 3 is 2.54 bits per heavy atom. The molecule has 6 nitrogen and oxygen atoms in total. The summed E-state index contributed by atoms with van der Waals surface area (Å²) in [5.41, 5.74) is 0.570. The van der Waals surface area contributed by atoms with E-state index in [4.69, 9.17) is 5.11 Å². The molecule has 2 atom stereocenters. The molecule has 1 N–H and O–H groups in total. The molecule has 128 valence electrons. The first-order chi connectivity index (χ1) is 11.5. The van der Waals surface area contributed by atoms with Gasteiger partial charge in [-0.2, -0.15) is 0 Å². The molecule has 2 fully saturated rings. The molecular formula is C17H19FN2O4. The molecule has 24 heavy (non-hydrogen) atoms. The molecule has 2 saturated heterocycles. The van der Waals surface area contributed by atoms with Crippen LogP contribution in [0.4, 0.5) is 10.1 Å². The van der Waals surface area contributed by atoms with Crippen LogP contribution in [-0.2, 0) is 14.4 Å². The highest BCUT2D eigenvalue weighted by molar-refractivity contribution is 6.09. The van der Waals surface area contributed by atoms with Gasteiger partial charge in [0.2, 0.25) is 11.8 Å². The number of carbonyl (C=O) groups is 3. The fourth-order valence-corrected chi connectivity index (χ4v) is 3.53. The van der Waals surface area contributed by atoms with Gasteiger partial charge in [-0.15, -0.1) is 0 Å². The number of anilines is 1. The number of halogens is 1. The molecule has 1 aromatic rings. The summed E-state index contributed by atoms with van der Waals surface area (Å²) >= 11 is 0. The van der Waals surface area contributed by atoms with Crippen molar-refractivity contribution in [1.82, 2.24) is 4.90 Å². The van der Waals surface area contributed by atoms with Crippen LogP contribution in [0.5, 0.6) is 0 Å². The van der Waals surface area contributed by atoms with Crippen LogP contribution in [0.2, 0.25) is 0 Å². The maximum Gasteiger partial charge on any atom is 0.305 e. The van der Waals surface area contributed by atoms with Gasteiger partial charge >= 0.3 is 5.97 Å². The van der Waals surface area contributed by atoms with Gasteiger partial charge in [-0.3, -0.25) is 14.4 Å². The highest BCUT2D eigenvalue weighted by Crippen LogP contribution is 2.30. The Balaban J connectivity index is 1.71. The standard InChI is InChI=1S/C17H19FN2O4/c18-11-3-5-12(6-4-11)20-9-7-14(17(20)24)16(23)19-8-1-2-13(19)10-15(21)22/h3-6,13-14H,1-2,7-10H2,(H,21,22). The molecule has 0 aliphatic carbocycles. The summed E-state index contributed by atoms with van der Waals surface area (Å²) in [4.78, 5) is 39.3. The molecule has 0 bridgehead atoms. The Bertz CT molecular complexity index is 661. The highest BCUT2D eigenvalue weighted by atomic mass is 19.1. The number of rotatable bonds is 4. The van der Waals surface area contributed by atoms with Crippen molar-refractivity contribution >= 4 is 23.5 Å². The van der Waals surface area contributed by atoms with Crippen molar-refractivity contribution < 1.29 is 23.9 Å². The zero-order valence-electron chi connectivity index (χ0n) is 13.2. The lowest BCUT2D eigenvalue weighted by molar-refractivity contribution is -0.142. The lowest BCUT2D eigenvalue weighted by Gasteiger charge is -2.26. The van der Waals surface area contributed by atoms with E-state index in [9.17, 15) is 18.8 Å². The number of amides is 2. The maximum absolute atomic E-state index is 13.0. The summed E-state index contributed by atoms with van der Waals surface area (Å²) in [6.45, 7) is 0.898. The van der Waals surface area contributed by atoms with E-state index in [0.717, 1.165) is 6.42 Å². The Kier molecular flexibility index (Phi) is 4.51. The van der Waals surface area contributed by atoms with Gasteiger partial charge in [0.1, 0.15) is 11.7 Å². The van der Waals surface area contributed by atoms with E-state index >= 15 is 0 Å². The second kappa shape index (κ2) is 6.59. The largest absolute Gasteiger partial charge is 0.481 e. The first kappa shape index (κ1) is 16.4. The van der Waals surface area contributed by atoms with Crippen LogP contribution in [0.15, 0.2) is 24.3 Å². The highest BCUT2D eigenvalue weighted by Gasteiger charge is 2.42. The number of nitrogens with zero attached hydrogens (tertiary/aromatic N) is 2. The van der Waals surface area contributed by atoms with Crippen molar-refractivity contribution in [3.63, 3.8) is 0 Å². The molecule has 7 heteroatoms. The van der Waals surface area contributed by atoms with Crippen LogP contribution < -0.4 is 4.90 Å². The molecule has 0 radical (unpaired) electrons. The third-order valence-corrected chi connectivity index (χ3v) is 4.71. The molecule has 1 aromatic carbocycles. The average Bonchev–Trinajstić information content (AvgIpc) is 3.14. The molecule has 0 aromatic heterocycles. The van der Waals surface area contributed by atoms with Gasteiger partial charge in [0.25, 0.3) is 0 Å². The van der Waals surface area contributed by atoms with Crippen molar-refractivity contribution in [2.24, 2.45) is 5.92 Å². The molecule has 2 amide bonds. The van der Waals surface area contributed by atoms with E-state index in [1.807, 2.05) is 0 Å². The van der Waals surface area contributed by atoms with Crippen LogP contribution >= 0.6 is 0 Å². The summed E-state index contributed by atoms with van der Waals surface area (Å²) in [5.74, 6) is -2.68. The number of likely N-dealkylation sites (tertiary alicyclic amines) is 1. The Morgan fingerprint density at radius 2 is 1.88 bits per heavy atom. The van der Waals surface area contributed by atoms with E-state index in [1.54, 1.807) is 4.90 Å². The zero-order valence-corrected chi connectivity index (χ0v) is 13.2. The van der Waals surface area contributed by atoms with Crippen molar-refractivity contribution in [2.45, 2.75) is 31.7 Å². The number of carboxylic acids is 1. The Labute approximate surface area is 138 Å². The number of carbonyl (C=O) groups excluding carboxylic acids is 2. The molecule has 2 aliphatic heterocycles. The van der Waals surface area contributed by atoms with Crippen LogP contribution in [0.3, 0.4) is 0 Å². The summed E-state index contributed by atoms with van der Waals surface area (Å²) in [7, 11) is 0. The minimum absolute atomic E-state index is 0.0890. The first-order valence-electron chi connectivity index (χ1n) is 8.06. The van der Waals surface area contributed by atoms with Gasteiger partial charge in [-0.1, -0.05) is 0 Å². The number of aliphatic carboxylic acids is 1. The number of benzene rings is 1. The van der Waals surface area contributed by atoms with Crippen molar-refractivity contribution in [1.29, 1.82) is 0 Å². The van der Waals surface area contributed by atoms with Gasteiger partial charge in [0.15, 0.2) is 0 Å². The molecule has 2 unspecified atom stereocenters. The number of hydrogen-bond acceptors (Lipinski definition) is 3. The van der Waals surface area contributed by atoms with Crippen molar-refractivity contribution in [3.8, 4) is 0 Å². The van der Waals surface area contributed by atoms with Crippen molar-refractivity contribution in [2.75, 3.05) is 18.0 Å². The lowest BCUT2D eigenvalue weighted by Crippen LogP contribution is -2.43. The first-order valence-corrected chi connectivity index (χ1v) is 8.06.